The number of carboxylic acid groups (broad SMARTS) is 1. The standard InChI is InChI=1S/C12H15NO6/c1-2-19-12(18)10(15)9(14)7-5-6(11(16)17)3-4-8(7)13/h3-5,9-10,14-15H,2,13H2,1H3,(H,16,17). The van der Waals surface area contributed by atoms with Crippen LogP contribution in [0.3, 0.4) is 0 Å². The molecular formula is C12H15NO6. The van der Waals surface area contributed by atoms with Crippen molar-refractivity contribution in [2.75, 3.05) is 12.3 Å². The van der Waals surface area contributed by atoms with E-state index >= 15 is 0 Å². The van der Waals surface area contributed by atoms with Crippen molar-refractivity contribution in [1.29, 1.82) is 0 Å². The van der Waals surface area contributed by atoms with Gasteiger partial charge in [-0.2, -0.15) is 0 Å². The predicted molar refractivity (Wildman–Crippen MR) is 65.4 cm³/mol. The van der Waals surface area contributed by atoms with Gasteiger partial charge in [0.05, 0.1) is 12.2 Å². The molecule has 1 aromatic carbocycles. The molecule has 0 heterocycles. The van der Waals surface area contributed by atoms with E-state index in [4.69, 9.17) is 10.8 Å². The Kier molecular flexibility index (Phi) is 4.85. The molecule has 0 saturated heterocycles. The Morgan fingerprint density at radius 3 is 2.53 bits per heavy atom. The summed E-state index contributed by atoms with van der Waals surface area (Å²) in [5, 5.41) is 28.3. The van der Waals surface area contributed by atoms with E-state index < -0.39 is 24.1 Å². The Labute approximate surface area is 109 Å². The van der Waals surface area contributed by atoms with Crippen LogP contribution >= 0.6 is 0 Å². The van der Waals surface area contributed by atoms with Gasteiger partial charge in [-0.3, -0.25) is 0 Å². The molecule has 0 aliphatic carbocycles. The second kappa shape index (κ2) is 6.17. The lowest BCUT2D eigenvalue weighted by Crippen LogP contribution is -2.30. The van der Waals surface area contributed by atoms with Crippen molar-refractivity contribution < 1.29 is 29.6 Å². The van der Waals surface area contributed by atoms with Gasteiger partial charge in [0.2, 0.25) is 0 Å². The van der Waals surface area contributed by atoms with Gasteiger partial charge in [0.25, 0.3) is 0 Å². The number of benzene rings is 1. The van der Waals surface area contributed by atoms with E-state index in [1.807, 2.05) is 0 Å². The van der Waals surface area contributed by atoms with E-state index in [-0.39, 0.29) is 23.4 Å². The molecule has 1 aromatic rings. The first-order chi connectivity index (χ1) is 8.88. The number of esters is 1. The molecule has 0 radical (unpaired) electrons. The number of anilines is 1. The first-order valence-electron chi connectivity index (χ1n) is 5.54. The number of ether oxygens (including phenoxy) is 1. The summed E-state index contributed by atoms with van der Waals surface area (Å²) in [6.45, 7) is 1.60. The molecule has 7 nitrogen and oxygen atoms in total. The maximum atomic E-state index is 11.3. The van der Waals surface area contributed by atoms with Crippen LogP contribution in [0.2, 0.25) is 0 Å². The number of nitrogens with two attached hydrogens (primary N) is 1. The average molecular weight is 269 g/mol. The fourth-order valence-electron chi connectivity index (χ4n) is 1.49. The molecule has 0 fully saturated rings. The fourth-order valence-corrected chi connectivity index (χ4v) is 1.49. The number of aliphatic hydroxyl groups is 2. The second-order valence-electron chi connectivity index (χ2n) is 3.79. The van der Waals surface area contributed by atoms with E-state index in [9.17, 15) is 19.8 Å². The molecule has 2 atom stereocenters. The van der Waals surface area contributed by atoms with E-state index in [1.54, 1.807) is 6.92 Å². The summed E-state index contributed by atoms with van der Waals surface area (Å²) in [5.74, 6) is -2.21. The average Bonchev–Trinajstić information content (AvgIpc) is 2.37. The SMILES string of the molecule is CCOC(=O)C(O)C(O)c1cc(C(=O)O)ccc1N. The summed E-state index contributed by atoms with van der Waals surface area (Å²) < 4.78 is 4.56. The number of nitrogen functional groups attached to an aromatic ring is 1. The molecule has 7 heteroatoms. The quantitative estimate of drug-likeness (QED) is 0.434. The van der Waals surface area contributed by atoms with Gasteiger partial charge in [-0.05, 0) is 25.1 Å². The Morgan fingerprint density at radius 2 is 2.00 bits per heavy atom. The minimum absolute atomic E-state index is 0.0412. The highest BCUT2D eigenvalue weighted by molar-refractivity contribution is 5.88. The molecule has 0 aliphatic heterocycles. The van der Waals surface area contributed by atoms with Gasteiger partial charge in [-0.1, -0.05) is 0 Å². The molecule has 104 valence electrons. The summed E-state index contributed by atoms with van der Waals surface area (Å²) in [7, 11) is 0. The van der Waals surface area contributed by atoms with Crippen LogP contribution in [0.5, 0.6) is 0 Å². The van der Waals surface area contributed by atoms with Crippen LogP contribution in [0.25, 0.3) is 0 Å². The van der Waals surface area contributed by atoms with Crippen LogP contribution in [0.1, 0.15) is 28.9 Å². The number of aliphatic hydroxyl groups excluding tert-OH is 2. The second-order valence-corrected chi connectivity index (χ2v) is 3.79. The number of carboxylic acids is 1. The molecule has 0 saturated carbocycles. The van der Waals surface area contributed by atoms with Crippen molar-refractivity contribution >= 4 is 17.6 Å². The van der Waals surface area contributed by atoms with Gasteiger partial charge in [0.1, 0.15) is 6.10 Å². The number of carbonyl (C=O) groups is 2. The summed E-state index contributed by atoms with van der Waals surface area (Å²) in [6.07, 6.45) is -3.48. The van der Waals surface area contributed by atoms with Crippen LogP contribution in [0.4, 0.5) is 5.69 Å². The van der Waals surface area contributed by atoms with Gasteiger partial charge >= 0.3 is 11.9 Å². The van der Waals surface area contributed by atoms with Crippen LogP contribution in [0.15, 0.2) is 18.2 Å². The number of aromatic carboxylic acids is 1. The number of hydrogen-bond donors (Lipinski definition) is 4. The maximum absolute atomic E-state index is 11.3. The van der Waals surface area contributed by atoms with Gasteiger partial charge in [0, 0.05) is 11.3 Å². The Morgan fingerprint density at radius 1 is 1.37 bits per heavy atom. The third-order valence-electron chi connectivity index (χ3n) is 2.48. The lowest BCUT2D eigenvalue weighted by atomic mass is 10.00. The normalized spacial score (nSPS) is 13.6. The zero-order valence-corrected chi connectivity index (χ0v) is 10.2. The molecule has 0 amide bonds. The lowest BCUT2D eigenvalue weighted by Gasteiger charge is -2.18. The molecule has 0 bridgehead atoms. The summed E-state index contributed by atoms with van der Waals surface area (Å²) >= 11 is 0. The molecule has 0 spiro atoms. The van der Waals surface area contributed by atoms with Crippen LogP contribution < -0.4 is 5.73 Å². The smallest absolute Gasteiger partial charge is 0.338 e. The van der Waals surface area contributed by atoms with E-state index in [0.717, 1.165) is 6.07 Å². The summed E-state index contributed by atoms with van der Waals surface area (Å²) in [4.78, 5) is 22.1. The molecule has 5 N–H and O–H groups in total. The predicted octanol–water partition coefficient (Wildman–Crippen LogP) is -0.0756. The molecule has 0 aliphatic rings. The summed E-state index contributed by atoms with van der Waals surface area (Å²) in [5.41, 5.74) is 5.50. The van der Waals surface area contributed by atoms with E-state index in [1.165, 1.54) is 12.1 Å². The van der Waals surface area contributed by atoms with Crippen LogP contribution in [-0.4, -0.2) is 40.0 Å². The third-order valence-corrected chi connectivity index (χ3v) is 2.48. The molecule has 1 rings (SSSR count). The zero-order chi connectivity index (χ0) is 14.6. The van der Waals surface area contributed by atoms with Crippen molar-refractivity contribution in [2.45, 2.75) is 19.1 Å². The monoisotopic (exact) mass is 269 g/mol. The van der Waals surface area contributed by atoms with Crippen LogP contribution in [0, 0.1) is 0 Å². The first kappa shape index (κ1) is 14.9. The topological polar surface area (TPSA) is 130 Å². The largest absolute Gasteiger partial charge is 0.478 e. The van der Waals surface area contributed by atoms with Gasteiger partial charge in [-0.15, -0.1) is 0 Å². The summed E-state index contributed by atoms with van der Waals surface area (Å²) in [6, 6.07) is 3.63. The van der Waals surface area contributed by atoms with Crippen molar-refractivity contribution in [2.24, 2.45) is 0 Å². The Hall–Kier alpha value is -2.12. The van der Waals surface area contributed by atoms with Gasteiger partial charge in [0.15, 0.2) is 6.10 Å². The minimum atomic E-state index is -1.83. The highest BCUT2D eigenvalue weighted by Crippen LogP contribution is 2.25. The maximum Gasteiger partial charge on any atom is 0.338 e. The van der Waals surface area contributed by atoms with Gasteiger partial charge in [-0.25, -0.2) is 9.59 Å². The lowest BCUT2D eigenvalue weighted by molar-refractivity contribution is -0.159. The molecule has 2 unspecified atom stereocenters. The van der Waals surface area contributed by atoms with E-state index in [2.05, 4.69) is 4.74 Å². The fraction of sp³-hybridized carbons (Fsp3) is 0.333. The van der Waals surface area contributed by atoms with Crippen molar-refractivity contribution in [3.8, 4) is 0 Å². The molecular weight excluding hydrogens is 254 g/mol. The van der Waals surface area contributed by atoms with Crippen molar-refractivity contribution in [1.82, 2.24) is 0 Å². The zero-order valence-electron chi connectivity index (χ0n) is 10.2. The highest BCUT2D eigenvalue weighted by Gasteiger charge is 2.28. The van der Waals surface area contributed by atoms with Crippen molar-refractivity contribution in [3.63, 3.8) is 0 Å². The Balaban J connectivity index is 3.04. The Bertz CT molecular complexity index is 487. The van der Waals surface area contributed by atoms with Crippen molar-refractivity contribution in [3.05, 3.63) is 29.3 Å². The number of rotatable bonds is 5. The highest BCUT2D eigenvalue weighted by atomic mass is 16.5. The van der Waals surface area contributed by atoms with Crippen LogP contribution in [-0.2, 0) is 9.53 Å². The van der Waals surface area contributed by atoms with E-state index in [0.29, 0.717) is 0 Å². The number of hydrogen-bond acceptors (Lipinski definition) is 6. The number of carbonyl (C=O) groups excluding carboxylic acids is 1. The third kappa shape index (κ3) is 3.43. The minimum Gasteiger partial charge on any atom is -0.478 e. The molecule has 19 heavy (non-hydrogen) atoms. The molecule has 0 aromatic heterocycles. The van der Waals surface area contributed by atoms with Gasteiger partial charge < -0.3 is 25.8 Å². The first-order valence-corrected chi connectivity index (χ1v) is 5.54.